The predicted octanol–water partition coefficient (Wildman–Crippen LogP) is 2.95. The Hall–Kier alpha value is -0.166. The van der Waals surface area contributed by atoms with Crippen molar-refractivity contribution in [2.45, 2.75) is 30.7 Å². The van der Waals surface area contributed by atoms with E-state index in [2.05, 4.69) is 19.7 Å². The second-order valence-corrected chi connectivity index (χ2v) is 10.8. The molecule has 0 spiro atoms. The molecule has 0 radical (unpaired) electrons. The number of hydrogen-bond acceptors (Lipinski definition) is 2. The van der Waals surface area contributed by atoms with Gasteiger partial charge in [0.2, 0.25) is 0 Å². The summed E-state index contributed by atoms with van der Waals surface area (Å²) in [4.78, 5) is 0. The maximum absolute atomic E-state index is 5.48. The Morgan fingerprint density at radius 3 is 1.93 bits per heavy atom. The molecule has 15 heavy (non-hydrogen) atoms. The predicted molar refractivity (Wildman–Crippen MR) is 72.4 cm³/mol. The molecule has 88 valence electrons. The highest BCUT2D eigenvalue weighted by Gasteiger charge is 2.29. The van der Waals surface area contributed by atoms with Crippen LogP contribution in [0, 0.1) is 0 Å². The van der Waals surface area contributed by atoms with Crippen molar-refractivity contribution < 1.29 is 8.85 Å². The van der Waals surface area contributed by atoms with Crippen LogP contribution in [0.4, 0.5) is 0 Å². The number of allylic oxidation sites excluding steroid dienone is 2. The molecule has 0 rings (SSSR count). The Morgan fingerprint density at radius 1 is 1.13 bits per heavy atom. The van der Waals surface area contributed by atoms with E-state index in [1.54, 1.807) is 14.2 Å². The second-order valence-electron chi connectivity index (χ2n) is 4.00. The molecule has 0 aromatic heterocycles. The lowest BCUT2D eigenvalue weighted by molar-refractivity contribution is 0.251. The highest BCUT2D eigenvalue weighted by Crippen LogP contribution is 2.19. The highest BCUT2D eigenvalue weighted by atomic mass is 28.4. The van der Waals surface area contributed by atoms with Crippen molar-refractivity contribution in [2.24, 2.45) is 0 Å². The third-order valence-electron chi connectivity index (χ3n) is 2.87. The van der Waals surface area contributed by atoms with E-state index in [0.717, 1.165) is 6.04 Å². The average Bonchev–Trinajstić information content (AvgIpc) is 2.26. The van der Waals surface area contributed by atoms with E-state index in [4.69, 9.17) is 8.85 Å². The first-order valence-electron chi connectivity index (χ1n) is 5.44. The Kier molecular flexibility index (Phi) is 7.95. The molecule has 0 aromatic carbocycles. The molecule has 0 heterocycles. The minimum atomic E-state index is -1.85. The van der Waals surface area contributed by atoms with E-state index >= 15 is 0 Å². The fourth-order valence-corrected chi connectivity index (χ4v) is 7.47. The first-order valence-corrected chi connectivity index (χ1v) is 10.4. The lowest BCUT2D eigenvalue weighted by Gasteiger charge is -2.24. The van der Waals surface area contributed by atoms with Gasteiger partial charge in [-0.15, -0.1) is 13.2 Å². The van der Waals surface area contributed by atoms with Crippen LogP contribution in [0.5, 0.6) is 0 Å². The van der Waals surface area contributed by atoms with Crippen LogP contribution in [0.3, 0.4) is 0 Å². The van der Waals surface area contributed by atoms with Crippen LogP contribution in [0.15, 0.2) is 25.3 Å². The van der Waals surface area contributed by atoms with Crippen molar-refractivity contribution in [1.82, 2.24) is 0 Å². The van der Waals surface area contributed by atoms with E-state index in [9.17, 15) is 0 Å². The lowest BCUT2D eigenvalue weighted by Crippen LogP contribution is -2.36. The van der Waals surface area contributed by atoms with Crippen molar-refractivity contribution in [3.63, 3.8) is 0 Å². The summed E-state index contributed by atoms with van der Waals surface area (Å²) in [7, 11) is 0.940. The van der Waals surface area contributed by atoms with E-state index in [-0.39, 0.29) is 0 Å². The third-order valence-corrected chi connectivity index (χ3v) is 9.48. The molecule has 0 saturated heterocycles. The topological polar surface area (TPSA) is 18.5 Å². The fourth-order valence-electron chi connectivity index (χ4n) is 1.56. The van der Waals surface area contributed by atoms with Gasteiger partial charge in [0, 0.05) is 23.0 Å². The summed E-state index contributed by atoms with van der Waals surface area (Å²) in [5.74, 6) is 0. The molecule has 0 fully saturated rings. The zero-order valence-electron chi connectivity index (χ0n) is 10.3. The van der Waals surface area contributed by atoms with Crippen LogP contribution >= 0.6 is 0 Å². The van der Waals surface area contributed by atoms with Gasteiger partial charge in [-0.25, -0.2) is 0 Å². The summed E-state index contributed by atoms with van der Waals surface area (Å²) in [5, 5.41) is 0. The molecule has 2 nitrogen and oxygen atoms in total. The van der Waals surface area contributed by atoms with Crippen LogP contribution in [0.2, 0.25) is 30.7 Å². The SMILES string of the molecule is C=CC[SiH](CC=C)CC[Si](C)(OC)OC. The van der Waals surface area contributed by atoms with Gasteiger partial charge in [-0.05, 0) is 24.7 Å². The summed E-state index contributed by atoms with van der Waals surface area (Å²) in [5.41, 5.74) is 0. The van der Waals surface area contributed by atoms with Gasteiger partial charge in [0.25, 0.3) is 0 Å². The zero-order valence-corrected chi connectivity index (χ0v) is 12.4. The number of hydrogen-bond donors (Lipinski definition) is 0. The molecule has 4 heteroatoms. The van der Waals surface area contributed by atoms with Crippen LogP contribution in [-0.2, 0) is 8.85 Å². The minimum absolute atomic E-state index is 0.723. The first kappa shape index (κ1) is 14.8. The van der Waals surface area contributed by atoms with Gasteiger partial charge in [0.15, 0.2) is 0 Å². The molecule has 0 aliphatic heterocycles. The molecular formula is C11H24O2Si2. The largest absolute Gasteiger partial charge is 0.398 e. The minimum Gasteiger partial charge on any atom is -0.398 e. The smallest absolute Gasteiger partial charge is 0.334 e. The molecule has 0 aliphatic carbocycles. The van der Waals surface area contributed by atoms with Crippen LogP contribution < -0.4 is 0 Å². The van der Waals surface area contributed by atoms with E-state index in [0.29, 0.717) is 0 Å². The maximum atomic E-state index is 5.48. The van der Waals surface area contributed by atoms with Gasteiger partial charge in [-0.3, -0.25) is 0 Å². The molecule has 0 atom stereocenters. The van der Waals surface area contributed by atoms with Crippen LogP contribution in [-0.4, -0.2) is 31.6 Å². The molecular weight excluding hydrogens is 220 g/mol. The summed E-state index contributed by atoms with van der Waals surface area (Å²) < 4.78 is 11.0. The second kappa shape index (κ2) is 8.04. The molecule has 0 N–H and O–H groups in total. The standard InChI is InChI=1S/C11H24O2Si2/c1-6-8-14(9-7-2)10-11-15(5,12-3)13-4/h6-7,14H,1-2,8-11H2,3-5H3. The molecule has 0 aromatic rings. The monoisotopic (exact) mass is 244 g/mol. The molecule has 0 bridgehead atoms. The van der Waals surface area contributed by atoms with Crippen molar-refractivity contribution in [2.75, 3.05) is 14.2 Å². The fraction of sp³-hybridized carbons (Fsp3) is 0.636. The zero-order chi connectivity index (χ0) is 11.7. The highest BCUT2D eigenvalue weighted by molar-refractivity contribution is 6.69. The Labute approximate surface area is 96.8 Å². The Balaban J connectivity index is 4.06. The summed E-state index contributed by atoms with van der Waals surface area (Å²) in [6.45, 7) is 9.76. The normalized spacial score (nSPS) is 11.7. The third kappa shape index (κ3) is 6.09. The van der Waals surface area contributed by atoms with Gasteiger partial charge >= 0.3 is 8.56 Å². The summed E-state index contributed by atoms with van der Waals surface area (Å²) in [6, 6.07) is 4.73. The summed E-state index contributed by atoms with van der Waals surface area (Å²) >= 11 is 0. The van der Waals surface area contributed by atoms with Gasteiger partial charge in [0.05, 0.1) is 0 Å². The summed E-state index contributed by atoms with van der Waals surface area (Å²) in [6.07, 6.45) is 4.08. The quantitative estimate of drug-likeness (QED) is 0.459. The average molecular weight is 244 g/mol. The molecule has 0 unspecified atom stereocenters. The van der Waals surface area contributed by atoms with Crippen molar-refractivity contribution in [3.8, 4) is 0 Å². The van der Waals surface area contributed by atoms with Crippen LogP contribution in [0.25, 0.3) is 0 Å². The lowest BCUT2D eigenvalue weighted by atomic mass is 10.7. The van der Waals surface area contributed by atoms with Gasteiger partial charge < -0.3 is 8.85 Å². The first-order chi connectivity index (χ1) is 7.11. The van der Waals surface area contributed by atoms with Crippen LogP contribution in [0.1, 0.15) is 0 Å². The van der Waals surface area contributed by atoms with E-state index in [1.165, 1.54) is 18.1 Å². The van der Waals surface area contributed by atoms with E-state index < -0.39 is 17.4 Å². The molecule has 0 saturated carbocycles. The molecule has 0 aliphatic rings. The van der Waals surface area contributed by atoms with E-state index in [1.807, 2.05) is 12.2 Å². The van der Waals surface area contributed by atoms with Crippen molar-refractivity contribution in [3.05, 3.63) is 25.3 Å². The maximum Gasteiger partial charge on any atom is 0.334 e. The van der Waals surface area contributed by atoms with Crippen molar-refractivity contribution >= 4 is 17.4 Å². The number of rotatable bonds is 9. The Morgan fingerprint density at radius 2 is 1.60 bits per heavy atom. The van der Waals surface area contributed by atoms with Gasteiger partial charge in [-0.2, -0.15) is 0 Å². The van der Waals surface area contributed by atoms with Gasteiger partial charge in [0.1, 0.15) is 0 Å². The Bertz CT molecular complexity index is 181. The van der Waals surface area contributed by atoms with Crippen molar-refractivity contribution in [1.29, 1.82) is 0 Å². The molecule has 0 amide bonds. The van der Waals surface area contributed by atoms with Gasteiger partial charge in [-0.1, -0.05) is 18.2 Å².